The monoisotopic (exact) mass is 332 g/mol. The van der Waals surface area contributed by atoms with E-state index < -0.39 is 5.97 Å². The second-order valence-electron chi connectivity index (χ2n) is 7.03. The van der Waals surface area contributed by atoms with Crippen LogP contribution in [-0.2, 0) is 17.6 Å². The molecule has 0 spiro atoms. The first-order chi connectivity index (χ1) is 11.6. The average Bonchev–Trinajstić information content (AvgIpc) is 2.88. The van der Waals surface area contributed by atoms with Gasteiger partial charge in [-0.2, -0.15) is 0 Å². The summed E-state index contributed by atoms with van der Waals surface area (Å²) in [6, 6.07) is 6.98. The molecule has 1 saturated heterocycles. The summed E-state index contributed by atoms with van der Waals surface area (Å²) in [6.45, 7) is 4.21. The molecule has 5 nitrogen and oxygen atoms in total. The zero-order valence-electron chi connectivity index (χ0n) is 14.5. The van der Waals surface area contributed by atoms with Crippen molar-refractivity contribution in [3.05, 3.63) is 29.3 Å². The number of nitrogens with zero attached hydrogens (tertiary/aromatic N) is 2. The van der Waals surface area contributed by atoms with Crippen molar-refractivity contribution < 1.29 is 14.6 Å². The molecule has 132 valence electrons. The predicted octanol–water partition coefficient (Wildman–Crippen LogP) is 2.03. The van der Waals surface area contributed by atoms with Crippen LogP contribution >= 0.6 is 0 Å². The Bertz CT molecular complexity index is 576. The molecule has 1 fully saturated rings. The van der Waals surface area contributed by atoms with Crippen LogP contribution in [0.3, 0.4) is 0 Å². The number of hydrogen-bond acceptors (Lipinski definition) is 4. The van der Waals surface area contributed by atoms with E-state index >= 15 is 0 Å². The lowest BCUT2D eigenvalue weighted by atomic mass is 10.1. The number of carboxylic acid groups (broad SMARTS) is 1. The van der Waals surface area contributed by atoms with E-state index in [4.69, 9.17) is 9.84 Å². The highest BCUT2D eigenvalue weighted by molar-refractivity contribution is 5.69. The number of carbonyl (C=O) groups is 1. The highest BCUT2D eigenvalue weighted by Crippen LogP contribution is 2.26. The predicted molar refractivity (Wildman–Crippen MR) is 93.7 cm³/mol. The average molecular weight is 332 g/mol. The van der Waals surface area contributed by atoms with E-state index in [2.05, 4.69) is 23.1 Å². The van der Waals surface area contributed by atoms with Crippen molar-refractivity contribution in [1.29, 1.82) is 0 Å². The molecule has 0 radical (unpaired) electrons. The molecule has 2 aliphatic heterocycles. The summed E-state index contributed by atoms with van der Waals surface area (Å²) in [5.41, 5.74) is 2.74. The van der Waals surface area contributed by atoms with Gasteiger partial charge >= 0.3 is 5.97 Å². The number of aliphatic carboxylic acids is 1. The second-order valence-corrected chi connectivity index (χ2v) is 7.03. The van der Waals surface area contributed by atoms with Gasteiger partial charge in [-0.1, -0.05) is 12.1 Å². The molecule has 1 atom stereocenters. The van der Waals surface area contributed by atoms with Gasteiger partial charge in [0.05, 0.1) is 13.2 Å². The maximum Gasteiger partial charge on any atom is 0.317 e. The van der Waals surface area contributed by atoms with E-state index in [0.717, 1.165) is 64.1 Å². The van der Waals surface area contributed by atoms with Crippen LogP contribution in [0.15, 0.2) is 18.2 Å². The van der Waals surface area contributed by atoms with Crippen LogP contribution in [0.2, 0.25) is 0 Å². The Balaban J connectivity index is 1.47. The fourth-order valence-corrected chi connectivity index (χ4v) is 3.83. The summed E-state index contributed by atoms with van der Waals surface area (Å²) in [4.78, 5) is 15.4. The van der Waals surface area contributed by atoms with Gasteiger partial charge in [0, 0.05) is 19.0 Å². The molecular formula is C19H28N2O3. The van der Waals surface area contributed by atoms with E-state index in [1.807, 2.05) is 11.9 Å². The molecule has 0 saturated carbocycles. The van der Waals surface area contributed by atoms with Crippen LogP contribution < -0.4 is 4.74 Å². The Morgan fingerprint density at radius 1 is 1.38 bits per heavy atom. The molecule has 2 aliphatic rings. The SMILES string of the molecule is CN(CC(=O)O)C1CCCN(CCc2ccc3c(c2)CCO3)CC1. The molecule has 3 rings (SSSR count). The van der Waals surface area contributed by atoms with Gasteiger partial charge in [-0.15, -0.1) is 0 Å². The smallest absolute Gasteiger partial charge is 0.317 e. The number of likely N-dealkylation sites (N-methyl/N-ethyl adjacent to an activating group) is 1. The highest BCUT2D eigenvalue weighted by atomic mass is 16.5. The van der Waals surface area contributed by atoms with E-state index in [9.17, 15) is 4.79 Å². The maximum atomic E-state index is 10.9. The topological polar surface area (TPSA) is 53.0 Å². The van der Waals surface area contributed by atoms with E-state index in [-0.39, 0.29) is 6.54 Å². The first-order valence-corrected chi connectivity index (χ1v) is 9.01. The van der Waals surface area contributed by atoms with Crippen LogP contribution in [0, 0.1) is 0 Å². The van der Waals surface area contributed by atoms with Crippen molar-refractivity contribution in [2.24, 2.45) is 0 Å². The quantitative estimate of drug-likeness (QED) is 0.864. The molecule has 0 bridgehead atoms. The highest BCUT2D eigenvalue weighted by Gasteiger charge is 2.21. The third-order valence-corrected chi connectivity index (χ3v) is 5.27. The summed E-state index contributed by atoms with van der Waals surface area (Å²) < 4.78 is 5.57. The standard InChI is InChI=1S/C19H28N2O3/c1-20(14-19(22)23)17-3-2-9-21(11-7-17)10-6-15-4-5-18-16(13-15)8-12-24-18/h4-5,13,17H,2-3,6-12,14H2,1H3,(H,22,23). The molecule has 1 aromatic rings. The molecule has 0 amide bonds. The lowest BCUT2D eigenvalue weighted by Crippen LogP contribution is -2.36. The minimum atomic E-state index is -0.737. The fraction of sp³-hybridized carbons (Fsp3) is 0.632. The van der Waals surface area contributed by atoms with Gasteiger partial charge in [0.15, 0.2) is 0 Å². The molecule has 0 aromatic heterocycles. The molecule has 5 heteroatoms. The number of ether oxygens (including phenoxy) is 1. The minimum absolute atomic E-state index is 0.141. The van der Waals surface area contributed by atoms with Crippen LogP contribution in [0.25, 0.3) is 0 Å². The summed E-state index contributed by atoms with van der Waals surface area (Å²) in [6.07, 6.45) is 5.40. The summed E-state index contributed by atoms with van der Waals surface area (Å²) in [5.74, 6) is 0.317. The van der Waals surface area contributed by atoms with E-state index in [1.165, 1.54) is 11.1 Å². The van der Waals surface area contributed by atoms with Gasteiger partial charge in [-0.05, 0) is 63.0 Å². The Kier molecular flexibility index (Phi) is 5.74. The number of fused-ring (bicyclic) bond motifs is 1. The Morgan fingerprint density at radius 2 is 2.25 bits per heavy atom. The number of likely N-dealkylation sites (tertiary alicyclic amines) is 1. The number of benzene rings is 1. The van der Waals surface area contributed by atoms with Gasteiger partial charge < -0.3 is 14.7 Å². The molecule has 1 unspecified atom stereocenters. The van der Waals surface area contributed by atoms with E-state index in [0.29, 0.717) is 6.04 Å². The van der Waals surface area contributed by atoms with Crippen molar-refractivity contribution in [3.63, 3.8) is 0 Å². The summed E-state index contributed by atoms with van der Waals surface area (Å²) in [5, 5.41) is 8.95. The molecular weight excluding hydrogens is 304 g/mol. The van der Waals surface area contributed by atoms with Gasteiger partial charge in [0.25, 0.3) is 0 Å². The van der Waals surface area contributed by atoms with Crippen molar-refractivity contribution in [3.8, 4) is 5.75 Å². The van der Waals surface area contributed by atoms with Gasteiger partial charge in [-0.3, -0.25) is 9.69 Å². The van der Waals surface area contributed by atoms with Crippen LogP contribution in [0.1, 0.15) is 30.4 Å². The molecule has 1 aromatic carbocycles. The largest absolute Gasteiger partial charge is 0.493 e. The Morgan fingerprint density at radius 3 is 3.08 bits per heavy atom. The molecule has 1 N–H and O–H groups in total. The van der Waals surface area contributed by atoms with Crippen LogP contribution in [0.4, 0.5) is 0 Å². The summed E-state index contributed by atoms with van der Waals surface area (Å²) >= 11 is 0. The van der Waals surface area contributed by atoms with Crippen molar-refractivity contribution in [2.75, 3.05) is 39.8 Å². The van der Waals surface area contributed by atoms with Crippen molar-refractivity contribution in [2.45, 2.75) is 38.1 Å². The first kappa shape index (κ1) is 17.2. The second kappa shape index (κ2) is 7.99. The normalized spacial score (nSPS) is 21.3. The lowest BCUT2D eigenvalue weighted by molar-refractivity contribution is -0.138. The number of carboxylic acids is 1. The van der Waals surface area contributed by atoms with Crippen LogP contribution in [-0.4, -0.2) is 66.8 Å². The molecule has 0 aliphatic carbocycles. The van der Waals surface area contributed by atoms with Gasteiger partial charge in [-0.25, -0.2) is 0 Å². The lowest BCUT2D eigenvalue weighted by Gasteiger charge is -2.25. The van der Waals surface area contributed by atoms with Gasteiger partial charge in [0.1, 0.15) is 5.75 Å². The number of hydrogen-bond donors (Lipinski definition) is 1. The number of rotatable bonds is 6. The zero-order chi connectivity index (χ0) is 16.9. The third kappa shape index (κ3) is 4.48. The van der Waals surface area contributed by atoms with Crippen molar-refractivity contribution in [1.82, 2.24) is 9.80 Å². The Hall–Kier alpha value is -1.59. The van der Waals surface area contributed by atoms with Gasteiger partial charge in [0.2, 0.25) is 0 Å². The van der Waals surface area contributed by atoms with E-state index in [1.54, 1.807) is 0 Å². The van der Waals surface area contributed by atoms with Crippen molar-refractivity contribution >= 4 is 5.97 Å². The third-order valence-electron chi connectivity index (χ3n) is 5.27. The maximum absolute atomic E-state index is 10.9. The zero-order valence-corrected chi connectivity index (χ0v) is 14.5. The fourth-order valence-electron chi connectivity index (χ4n) is 3.83. The summed E-state index contributed by atoms with van der Waals surface area (Å²) in [7, 11) is 1.93. The van der Waals surface area contributed by atoms with Crippen LogP contribution in [0.5, 0.6) is 5.75 Å². The minimum Gasteiger partial charge on any atom is -0.493 e. The first-order valence-electron chi connectivity index (χ1n) is 9.01. The molecule has 2 heterocycles. The Labute approximate surface area is 144 Å². The molecule has 24 heavy (non-hydrogen) atoms.